The lowest BCUT2D eigenvalue weighted by Gasteiger charge is -2.17. The highest BCUT2D eigenvalue weighted by Crippen LogP contribution is 2.30. The molecule has 2 rings (SSSR count). The van der Waals surface area contributed by atoms with Crippen LogP contribution in [-0.2, 0) is 9.68 Å². The summed E-state index contributed by atoms with van der Waals surface area (Å²) in [6.07, 6.45) is 0. The monoisotopic (exact) mass is 347 g/mol. The van der Waals surface area contributed by atoms with Crippen LogP contribution in [0.2, 0.25) is 0 Å². The first kappa shape index (κ1) is 15.0. The number of hydrogen-bond donors (Lipinski definition) is 2. The van der Waals surface area contributed by atoms with Crippen LogP contribution in [0.4, 0.5) is 10.1 Å². The van der Waals surface area contributed by atoms with E-state index in [1.54, 1.807) is 26.2 Å². The van der Waals surface area contributed by atoms with E-state index in [0.717, 1.165) is 0 Å². The van der Waals surface area contributed by atoms with Crippen LogP contribution in [0.1, 0.15) is 6.92 Å². The minimum atomic E-state index is -0.367. The van der Waals surface area contributed by atoms with Gasteiger partial charge in [-0.25, -0.2) is 4.39 Å². The van der Waals surface area contributed by atoms with E-state index >= 15 is 0 Å². The van der Waals surface area contributed by atoms with Gasteiger partial charge in [0.2, 0.25) is 0 Å². The lowest BCUT2D eigenvalue weighted by atomic mass is 10.3. The fourth-order valence-corrected chi connectivity index (χ4v) is 2.10. The minimum absolute atomic E-state index is 0.316. The van der Waals surface area contributed by atoms with E-state index in [0.29, 0.717) is 40.1 Å². The molecule has 1 heterocycles. The highest BCUT2D eigenvalue weighted by atomic mass is 79.9. The number of rotatable bonds is 5. The number of hydroxylamine groups is 3. The van der Waals surface area contributed by atoms with Crippen LogP contribution < -0.4 is 10.4 Å². The molecule has 1 aliphatic rings. The van der Waals surface area contributed by atoms with E-state index in [4.69, 9.17) is 9.68 Å². The molecule has 20 heavy (non-hydrogen) atoms. The number of anilines is 1. The van der Waals surface area contributed by atoms with Crippen LogP contribution in [0.15, 0.2) is 34.2 Å². The molecule has 0 saturated heterocycles. The van der Waals surface area contributed by atoms with Crippen LogP contribution in [-0.4, -0.2) is 30.7 Å². The molecule has 1 aliphatic heterocycles. The number of allylic oxidation sites excluding steroid dienone is 1. The van der Waals surface area contributed by atoms with E-state index in [2.05, 4.69) is 21.2 Å². The fraction of sp³-hybridized carbons (Fsp3) is 0.333. The van der Waals surface area contributed by atoms with Crippen molar-refractivity contribution in [3.8, 4) is 0 Å². The predicted molar refractivity (Wildman–Crippen MR) is 73.9 cm³/mol. The van der Waals surface area contributed by atoms with Crippen LogP contribution >= 0.6 is 15.9 Å². The zero-order valence-corrected chi connectivity index (χ0v) is 12.6. The van der Waals surface area contributed by atoms with Gasteiger partial charge in [-0.3, -0.25) is 5.21 Å². The summed E-state index contributed by atoms with van der Waals surface area (Å²) >= 11 is 3.11. The van der Waals surface area contributed by atoms with Crippen molar-refractivity contribution in [2.24, 2.45) is 0 Å². The van der Waals surface area contributed by atoms with Gasteiger partial charge in [-0.15, -0.1) is 4.94 Å². The minimum Gasteiger partial charge on any atom is -0.383 e. The van der Waals surface area contributed by atoms with Crippen molar-refractivity contribution in [3.05, 3.63) is 40.0 Å². The average molecular weight is 348 g/mol. The first-order chi connectivity index (χ1) is 9.54. The number of nitrogens with one attached hydrogen (secondary N) is 1. The molecule has 0 spiro atoms. The van der Waals surface area contributed by atoms with Crippen molar-refractivity contribution in [2.45, 2.75) is 6.92 Å². The summed E-state index contributed by atoms with van der Waals surface area (Å²) in [5, 5.41) is 14.7. The Hall–Kier alpha value is -1.35. The third-order valence-electron chi connectivity index (χ3n) is 2.73. The van der Waals surface area contributed by atoms with Crippen LogP contribution in [0.3, 0.4) is 0 Å². The largest absolute Gasteiger partial charge is 0.383 e. The second-order valence-corrected chi connectivity index (χ2v) is 4.96. The first-order valence-corrected chi connectivity index (χ1v) is 6.70. The van der Waals surface area contributed by atoms with Crippen molar-refractivity contribution in [1.29, 1.82) is 0 Å². The van der Waals surface area contributed by atoms with Gasteiger partial charge in [0.1, 0.15) is 5.82 Å². The fourth-order valence-electron chi connectivity index (χ4n) is 1.73. The van der Waals surface area contributed by atoms with Gasteiger partial charge in [0.15, 0.2) is 5.82 Å². The SMILES string of the molecule is COCCNC1=C(C)N(c2ccc(F)c(Br)c2)ON1O. The van der Waals surface area contributed by atoms with E-state index in [1.807, 2.05) is 0 Å². The standard InChI is InChI=1S/C12H15BrFN3O3/c1-8-12(15-5-6-19-2)17(18)20-16(8)9-3-4-11(14)10(13)7-9/h3-4,7,15,18H,5-6H2,1-2H3. The Morgan fingerprint density at radius 3 is 2.90 bits per heavy atom. The maximum absolute atomic E-state index is 13.2. The molecule has 0 unspecified atom stereocenters. The summed E-state index contributed by atoms with van der Waals surface area (Å²) in [5.41, 5.74) is 1.22. The average Bonchev–Trinajstić information content (AvgIpc) is 2.70. The highest BCUT2D eigenvalue weighted by Gasteiger charge is 2.28. The summed E-state index contributed by atoms with van der Waals surface area (Å²) in [7, 11) is 1.59. The third kappa shape index (κ3) is 3.04. The number of benzene rings is 1. The number of halogens is 2. The molecule has 0 bridgehead atoms. The molecule has 6 nitrogen and oxygen atoms in total. The number of nitrogens with zero attached hydrogens (tertiary/aromatic N) is 2. The smallest absolute Gasteiger partial charge is 0.182 e. The van der Waals surface area contributed by atoms with Crippen molar-refractivity contribution in [3.63, 3.8) is 0 Å². The van der Waals surface area contributed by atoms with Gasteiger partial charge in [-0.2, -0.15) is 5.06 Å². The molecule has 1 aromatic rings. The topological polar surface area (TPSA) is 57.2 Å². The Balaban J connectivity index is 2.18. The van der Waals surface area contributed by atoms with Crippen LogP contribution in [0, 0.1) is 5.82 Å². The van der Waals surface area contributed by atoms with E-state index in [1.165, 1.54) is 11.1 Å². The molecular formula is C12H15BrFN3O3. The Labute approximate surface area is 124 Å². The van der Waals surface area contributed by atoms with Gasteiger partial charge in [-0.05, 0) is 41.1 Å². The van der Waals surface area contributed by atoms with Gasteiger partial charge in [-0.1, -0.05) is 5.23 Å². The lowest BCUT2D eigenvalue weighted by Crippen LogP contribution is -2.28. The third-order valence-corrected chi connectivity index (χ3v) is 3.34. The Kier molecular flexibility index (Phi) is 4.81. The van der Waals surface area contributed by atoms with E-state index in [9.17, 15) is 9.60 Å². The molecule has 0 radical (unpaired) electrons. The molecule has 8 heteroatoms. The van der Waals surface area contributed by atoms with Gasteiger partial charge in [0, 0.05) is 13.7 Å². The molecule has 0 amide bonds. The van der Waals surface area contributed by atoms with Gasteiger partial charge in [0.05, 0.1) is 22.5 Å². The first-order valence-electron chi connectivity index (χ1n) is 5.90. The molecule has 1 aromatic carbocycles. The van der Waals surface area contributed by atoms with Crippen molar-refractivity contribution >= 4 is 21.6 Å². The van der Waals surface area contributed by atoms with Crippen molar-refractivity contribution in [2.75, 3.05) is 25.3 Å². The summed E-state index contributed by atoms with van der Waals surface area (Å²) in [6.45, 7) is 2.78. The Bertz CT molecular complexity index is 527. The van der Waals surface area contributed by atoms with Gasteiger partial charge in [0.25, 0.3) is 0 Å². The molecule has 0 aliphatic carbocycles. The lowest BCUT2D eigenvalue weighted by molar-refractivity contribution is -0.306. The zero-order valence-electron chi connectivity index (χ0n) is 11.1. The Morgan fingerprint density at radius 1 is 1.50 bits per heavy atom. The predicted octanol–water partition coefficient (Wildman–Crippen LogP) is 2.37. The summed E-state index contributed by atoms with van der Waals surface area (Å²) < 4.78 is 18.5. The van der Waals surface area contributed by atoms with E-state index in [-0.39, 0.29) is 5.82 Å². The molecule has 110 valence electrons. The van der Waals surface area contributed by atoms with Crippen LogP contribution in [0.25, 0.3) is 0 Å². The second-order valence-electron chi connectivity index (χ2n) is 4.10. The highest BCUT2D eigenvalue weighted by molar-refractivity contribution is 9.10. The van der Waals surface area contributed by atoms with E-state index < -0.39 is 0 Å². The molecule has 0 atom stereocenters. The van der Waals surface area contributed by atoms with Crippen LogP contribution in [0.5, 0.6) is 0 Å². The normalized spacial score (nSPS) is 15.2. The van der Waals surface area contributed by atoms with Crippen molar-refractivity contribution in [1.82, 2.24) is 10.5 Å². The zero-order chi connectivity index (χ0) is 14.7. The van der Waals surface area contributed by atoms with Gasteiger partial charge < -0.3 is 10.1 Å². The maximum Gasteiger partial charge on any atom is 0.182 e. The van der Waals surface area contributed by atoms with Crippen molar-refractivity contribution < 1.29 is 19.3 Å². The molecular weight excluding hydrogens is 333 g/mol. The number of methoxy groups -OCH3 is 1. The second kappa shape index (κ2) is 6.40. The summed E-state index contributed by atoms with van der Waals surface area (Å²) in [5.74, 6) is 0.0383. The summed E-state index contributed by atoms with van der Waals surface area (Å²) in [6, 6.07) is 4.43. The maximum atomic E-state index is 13.2. The Morgan fingerprint density at radius 2 is 2.25 bits per heavy atom. The number of hydrogen-bond acceptors (Lipinski definition) is 6. The quantitative estimate of drug-likeness (QED) is 0.797. The summed E-state index contributed by atoms with van der Waals surface area (Å²) in [4.78, 5) is 5.20. The van der Waals surface area contributed by atoms with Gasteiger partial charge >= 0.3 is 0 Å². The molecule has 2 N–H and O–H groups in total. The molecule has 0 aromatic heterocycles. The molecule has 0 saturated carbocycles. The number of ether oxygens (including phenoxy) is 1. The molecule has 0 fully saturated rings.